The van der Waals surface area contributed by atoms with Crippen LogP contribution < -0.4 is 10.6 Å². The van der Waals surface area contributed by atoms with E-state index in [2.05, 4.69) is 10.6 Å². The molecule has 2 N–H and O–H groups in total. The van der Waals surface area contributed by atoms with Crippen LogP contribution in [0.1, 0.15) is 19.8 Å². The molecule has 0 spiro atoms. The van der Waals surface area contributed by atoms with E-state index < -0.39 is 0 Å². The van der Waals surface area contributed by atoms with E-state index in [0.29, 0.717) is 0 Å². The molecule has 0 saturated heterocycles. The summed E-state index contributed by atoms with van der Waals surface area (Å²) in [6.45, 7) is 2.65. The lowest BCUT2D eigenvalue weighted by molar-refractivity contribution is -0.117. The third kappa shape index (κ3) is 2.95. The van der Waals surface area contributed by atoms with Crippen LogP contribution in [0.4, 0.5) is 0 Å². The van der Waals surface area contributed by atoms with Gasteiger partial charge in [-0.2, -0.15) is 0 Å². The molecule has 1 aliphatic carbocycles. The van der Waals surface area contributed by atoms with Gasteiger partial charge < -0.3 is 10.6 Å². The zero-order valence-corrected chi connectivity index (χ0v) is 7.68. The minimum absolute atomic E-state index is 0.0382. The van der Waals surface area contributed by atoms with Gasteiger partial charge in [0.15, 0.2) is 0 Å². The molecular formula is C9H16N2O. The third-order valence-electron chi connectivity index (χ3n) is 1.97. The average molecular weight is 168 g/mol. The smallest absolute Gasteiger partial charge is 0.248 e. The van der Waals surface area contributed by atoms with E-state index in [0.717, 1.165) is 18.0 Å². The summed E-state index contributed by atoms with van der Waals surface area (Å²) in [5.41, 5.74) is 0.734. The van der Waals surface area contributed by atoms with Gasteiger partial charge in [-0.05, 0) is 25.7 Å². The van der Waals surface area contributed by atoms with Crippen LogP contribution >= 0.6 is 0 Å². The second-order valence-electron chi connectivity index (χ2n) is 3.27. The maximum Gasteiger partial charge on any atom is 0.248 e. The van der Waals surface area contributed by atoms with E-state index in [4.69, 9.17) is 0 Å². The third-order valence-corrected chi connectivity index (χ3v) is 1.97. The van der Waals surface area contributed by atoms with Gasteiger partial charge in [0.1, 0.15) is 0 Å². The molecule has 0 heterocycles. The van der Waals surface area contributed by atoms with Gasteiger partial charge in [0.2, 0.25) is 5.91 Å². The summed E-state index contributed by atoms with van der Waals surface area (Å²) < 4.78 is 0. The van der Waals surface area contributed by atoms with E-state index in [9.17, 15) is 4.79 Å². The van der Waals surface area contributed by atoms with Gasteiger partial charge in [-0.15, -0.1) is 0 Å². The van der Waals surface area contributed by atoms with Crippen molar-refractivity contribution in [3.8, 4) is 0 Å². The summed E-state index contributed by atoms with van der Waals surface area (Å²) in [4.78, 5) is 11.2. The van der Waals surface area contributed by atoms with E-state index in [-0.39, 0.29) is 5.91 Å². The van der Waals surface area contributed by atoms with Crippen molar-refractivity contribution in [1.82, 2.24) is 10.6 Å². The van der Waals surface area contributed by atoms with Crippen molar-refractivity contribution in [1.29, 1.82) is 0 Å². The van der Waals surface area contributed by atoms with Gasteiger partial charge >= 0.3 is 0 Å². The Balaban J connectivity index is 2.21. The Hall–Kier alpha value is -0.990. The minimum Gasteiger partial charge on any atom is -0.394 e. The first-order chi connectivity index (χ1) is 5.74. The molecule has 68 valence electrons. The van der Waals surface area contributed by atoms with Crippen LogP contribution in [-0.4, -0.2) is 19.5 Å². The Morgan fingerprint density at radius 1 is 1.58 bits per heavy atom. The Labute approximate surface area is 73.2 Å². The minimum atomic E-state index is 0.0382. The Morgan fingerprint density at radius 3 is 2.75 bits per heavy atom. The van der Waals surface area contributed by atoms with E-state index in [1.54, 1.807) is 20.2 Å². The molecule has 3 nitrogen and oxygen atoms in total. The SMILES string of the molecule is CN/C=C(\C)C(=O)NCC1CC1. The van der Waals surface area contributed by atoms with E-state index in [1.165, 1.54) is 12.8 Å². The second-order valence-corrected chi connectivity index (χ2v) is 3.27. The molecule has 0 radical (unpaired) electrons. The van der Waals surface area contributed by atoms with E-state index >= 15 is 0 Å². The van der Waals surface area contributed by atoms with Gasteiger partial charge in [-0.1, -0.05) is 0 Å². The van der Waals surface area contributed by atoms with Crippen LogP contribution in [0, 0.1) is 5.92 Å². The van der Waals surface area contributed by atoms with Crippen molar-refractivity contribution in [3.05, 3.63) is 11.8 Å². The van der Waals surface area contributed by atoms with Crippen molar-refractivity contribution in [3.63, 3.8) is 0 Å². The van der Waals surface area contributed by atoms with Gasteiger partial charge in [0, 0.05) is 25.4 Å². The maximum absolute atomic E-state index is 11.2. The first-order valence-corrected chi connectivity index (χ1v) is 4.36. The molecule has 1 rings (SSSR count). The molecule has 0 aromatic carbocycles. The lowest BCUT2D eigenvalue weighted by atomic mass is 10.3. The Morgan fingerprint density at radius 2 is 2.25 bits per heavy atom. The van der Waals surface area contributed by atoms with Crippen LogP contribution in [0.5, 0.6) is 0 Å². The summed E-state index contributed by atoms with van der Waals surface area (Å²) in [5.74, 6) is 0.785. The van der Waals surface area contributed by atoms with Crippen molar-refractivity contribution < 1.29 is 4.79 Å². The molecule has 0 bridgehead atoms. The van der Waals surface area contributed by atoms with Gasteiger partial charge in [-0.3, -0.25) is 4.79 Å². The highest BCUT2D eigenvalue weighted by Crippen LogP contribution is 2.27. The zero-order valence-electron chi connectivity index (χ0n) is 7.68. The summed E-state index contributed by atoms with van der Waals surface area (Å²) in [5, 5.41) is 5.71. The summed E-state index contributed by atoms with van der Waals surface area (Å²) in [6.07, 6.45) is 4.26. The molecule has 1 saturated carbocycles. The highest BCUT2D eigenvalue weighted by Gasteiger charge is 2.21. The van der Waals surface area contributed by atoms with Crippen molar-refractivity contribution in [2.24, 2.45) is 5.92 Å². The number of carbonyl (C=O) groups excluding carboxylic acids is 1. The fourth-order valence-corrected chi connectivity index (χ4v) is 0.980. The van der Waals surface area contributed by atoms with Gasteiger partial charge in [-0.25, -0.2) is 0 Å². The molecule has 0 aromatic heterocycles. The largest absolute Gasteiger partial charge is 0.394 e. The van der Waals surface area contributed by atoms with Crippen LogP contribution in [-0.2, 0) is 4.79 Å². The molecule has 0 unspecified atom stereocenters. The van der Waals surface area contributed by atoms with Gasteiger partial charge in [0.25, 0.3) is 0 Å². The molecule has 12 heavy (non-hydrogen) atoms. The first kappa shape index (κ1) is 9.10. The lowest BCUT2D eigenvalue weighted by Crippen LogP contribution is -2.26. The molecule has 0 aromatic rings. The second kappa shape index (κ2) is 4.14. The Bertz CT molecular complexity index is 195. The highest BCUT2D eigenvalue weighted by molar-refractivity contribution is 5.92. The van der Waals surface area contributed by atoms with E-state index in [1.807, 2.05) is 0 Å². The summed E-state index contributed by atoms with van der Waals surface area (Å²) in [6, 6.07) is 0. The topological polar surface area (TPSA) is 41.1 Å². The number of hydrogen-bond donors (Lipinski definition) is 2. The number of rotatable bonds is 4. The number of nitrogens with one attached hydrogen (secondary N) is 2. The van der Waals surface area contributed by atoms with Crippen molar-refractivity contribution in [2.45, 2.75) is 19.8 Å². The predicted octanol–water partition coefficient (Wildman–Crippen LogP) is 0.636. The first-order valence-electron chi connectivity index (χ1n) is 4.36. The fourth-order valence-electron chi connectivity index (χ4n) is 0.980. The number of amides is 1. The molecule has 0 aliphatic heterocycles. The summed E-state index contributed by atoms with van der Waals surface area (Å²) >= 11 is 0. The molecule has 1 fully saturated rings. The predicted molar refractivity (Wildman–Crippen MR) is 48.6 cm³/mol. The molecule has 3 heteroatoms. The fraction of sp³-hybridized carbons (Fsp3) is 0.667. The van der Waals surface area contributed by atoms with Crippen molar-refractivity contribution in [2.75, 3.05) is 13.6 Å². The van der Waals surface area contributed by atoms with Crippen LogP contribution in [0.2, 0.25) is 0 Å². The quantitative estimate of drug-likeness (QED) is 0.605. The monoisotopic (exact) mass is 168 g/mol. The normalized spacial score (nSPS) is 17.3. The number of hydrogen-bond acceptors (Lipinski definition) is 2. The molecule has 1 aliphatic rings. The lowest BCUT2D eigenvalue weighted by Gasteiger charge is -2.03. The average Bonchev–Trinajstić information content (AvgIpc) is 2.83. The van der Waals surface area contributed by atoms with Crippen LogP contribution in [0.15, 0.2) is 11.8 Å². The summed E-state index contributed by atoms with van der Waals surface area (Å²) in [7, 11) is 1.79. The maximum atomic E-state index is 11.2. The van der Waals surface area contributed by atoms with Crippen molar-refractivity contribution >= 4 is 5.91 Å². The zero-order chi connectivity index (χ0) is 8.97. The molecule has 0 atom stereocenters. The standard InChI is InChI=1S/C9H16N2O/c1-7(5-10-2)9(12)11-6-8-3-4-8/h5,8,10H,3-4,6H2,1-2H3,(H,11,12)/b7-5+. The van der Waals surface area contributed by atoms with Gasteiger partial charge in [0.05, 0.1) is 0 Å². The number of carbonyl (C=O) groups is 1. The van der Waals surface area contributed by atoms with Crippen LogP contribution in [0.3, 0.4) is 0 Å². The highest BCUT2D eigenvalue weighted by atomic mass is 16.1. The molecular weight excluding hydrogens is 152 g/mol. The Kier molecular flexibility index (Phi) is 3.14. The molecule has 1 amide bonds. The van der Waals surface area contributed by atoms with Crippen LogP contribution in [0.25, 0.3) is 0 Å².